The maximum Gasteiger partial charge on any atom is 0.180 e. The summed E-state index contributed by atoms with van der Waals surface area (Å²) in [6.45, 7) is 4.78. The van der Waals surface area contributed by atoms with E-state index in [1.54, 1.807) is 11.3 Å². The van der Waals surface area contributed by atoms with Gasteiger partial charge in [-0.3, -0.25) is 0 Å². The molecule has 0 spiro atoms. The Labute approximate surface area is 112 Å². The summed E-state index contributed by atoms with van der Waals surface area (Å²) in [6.07, 6.45) is 1.12. The molecule has 2 heterocycles. The van der Waals surface area contributed by atoms with Crippen LogP contribution in [-0.4, -0.2) is 17.7 Å². The second-order valence-corrected chi connectivity index (χ2v) is 6.40. The van der Waals surface area contributed by atoms with Gasteiger partial charge in [-0.1, -0.05) is 6.92 Å². The number of benzene rings is 1. The molecule has 1 aliphatic heterocycles. The summed E-state index contributed by atoms with van der Waals surface area (Å²) in [7, 11) is 0. The molecule has 17 heavy (non-hydrogen) atoms. The van der Waals surface area contributed by atoms with Crippen LogP contribution in [-0.2, 0) is 0 Å². The first-order chi connectivity index (χ1) is 8.19. The standard InChI is InChI=1S/C12H12BrNO2S/c1-3-7-5-15-10-8(16-7)4-6(2)9-11(10)17-12(13)14-9/h4,7H,3,5H2,1-2H3. The minimum Gasteiger partial charge on any atom is -0.484 e. The lowest BCUT2D eigenvalue weighted by Gasteiger charge is -2.26. The van der Waals surface area contributed by atoms with E-state index < -0.39 is 0 Å². The number of hydrogen-bond donors (Lipinski definition) is 0. The van der Waals surface area contributed by atoms with Gasteiger partial charge in [-0.25, -0.2) is 4.98 Å². The third kappa shape index (κ3) is 1.81. The van der Waals surface area contributed by atoms with Gasteiger partial charge in [-0.2, -0.15) is 0 Å². The van der Waals surface area contributed by atoms with Crippen molar-refractivity contribution < 1.29 is 9.47 Å². The summed E-state index contributed by atoms with van der Waals surface area (Å²) in [4.78, 5) is 4.46. The van der Waals surface area contributed by atoms with Gasteiger partial charge in [-0.05, 0) is 40.9 Å². The minimum atomic E-state index is 0.163. The fourth-order valence-corrected chi connectivity index (χ4v) is 3.50. The largest absolute Gasteiger partial charge is 0.484 e. The van der Waals surface area contributed by atoms with Crippen molar-refractivity contribution in [1.82, 2.24) is 4.98 Å². The van der Waals surface area contributed by atoms with Crippen molar-refractivity contribution in [2.24, 2.45) is 0 Å². The van der Waals surface area contributed by atoms with Crippen molar-refractivity contribution in [2.75, 3.05) is 6.61 Å². The number of aromatic nitrogens is 1. The molecule has 3 rings (SSSR count). The lowest BCUT2D eigenvalue weighted by atomic mass is 10.1. The Kier molecular flexibility index (Phi) is 2.75. The summed E-state index contributed by atoms with van der Waals surface area (Å²) in [6, 6.07) is 2.02. The molecule has 1 aliphatic rings. The summed E-state index contributed by atoms with van der Waals surface area (Å²) in [5.41, 5.74) is 2.13. The number of hydrogen-bond acceptors (Lipinski definition) is 4. The fraction of sp³-hybridized carbons (Fsp3) is 0.417. The van der Waals surface area contributed by atoms with Crippen LogP contribution in [0.5, 0.6) is 11.5 Å². The van der Waals surface area contributed by atoms with Gasteiger partial charge in [0.15, 0.2) is 15.4 Å². The molecular weight excluding hydrogens is 302 g/mol. The van der Waals surface area contributed by atoms with Crippen LogP contribution in [0.1, 0.15) is 18.9 Å². The molecule has 1 atom stereocenters. The average molecular weight is 314 g/mol. The third-order valence-corrected chi connectivity index (χ3v) is 4.42. The number of ether oxygens (including phenoxy) is 2. The molecule has 0 aliphatic carbocycles. The Morgan fingerprint density at radius 2 is 2.41 bits per heavy atom. The SMILES string of the molecule is CCC1COc2c(cc(C)c3nc(Br)sc23)O1. The van der Waals surface area contributed by atoms with Gasteiger partial charge in [-0.15, -0.1) is 11.3 Å². The molecule has 0 saturated carbocycles. The highest BCUT2D eigenvalue weighted by Gasteiger charge is 2.24. The van der Waals surface area contributed by atoms with E-state index in [1.165, 1.54) is 0 Å². The highest BCUT2D eigenvalue weighted by Crippen LogP contribution is 2.44. The monoisotopic (exact) mass is 313 g/mol. The molecule has 5 heteroatoms. The number of halogens is 1. The molecule has 0 amide bonds. The summed E-state index contributed by atoms with van der Waals surface area (Å²) in [5, 5.41) is 0. The second kappa shape index (κ2) is 4.14. The molecule has 90 valence electrons. The van der Waals surface area contributed by atoms with Crippen molar-refractivity contribution in [3.05, 3.63) is 15.5 Å². The Morgan fingerprint density at radius 1 is 1.59 bits per heavy atom. The van der Waals surface area contributed by atoms with E-state index in [0.717, 1.165) is 37.6 Å². The first-order valence-electron chi connectivity index (χ1n) is 5.58. The molecular formula is C12H12BrNO2S. The molecule has 0 saturated heterocycles. The van der Waals surface area contributed by atoms with Crippen LogP contribution in [0, 0.1) is 6.92 Å². The smallest absolute Gasteiger partial charge is 0.180 e. The number of fused-ring (bicyclic) bond motifs is 3. The predicted molar refractivity (Wildman–Crippen MR) is 72.3 cm³/mol. The van der Waals surface area contributed by atoms with Gasteiger partial charge >= 0.3 is 0 Å². The molecule has 1 unspecified atom stereocenters. The topological polar surface area (TPSA) is 31.4 Å². The number of thiazole rings is 1. The van der Waals surface area contributed by atoms with Crippen LogP contribution in [0.3, 0.4) is 0 Å². The van der Waals surface area contributed by atoms with Gasteiger partial charge in [0, 0.05) is 0 Å². The lowest BCUT2D eigenvalue weighted by Crippen LogP contribution is -2.28. The lowest BCUT2D eigenvalue weighted by molar-refractivity contribution is 0.0902. The van der Waals surface area contributed by atoms with Crippen LogP contribution in [0.15, 0.2) is 9.98 Å². The van der Waals surface area contributed by atoms with E-state index >= 15 is 0 Å². The quantitative estimate of drug-likeness (QED) is 0.799. The van der Waals surface area contributed by atoms with E-state index in [4.69, 9.17) is 9.47 Å². The fourth-order valence-electron chi connectivity index (χ4n) is 1.97. The van der Waals surface area contributed by atoms with E-state index in [-0.39, 0.29) is 6.10 Å². The van der Waals surface area contributed by atoms with Crippen LogP contribution < -0.4 is 9.47 Å². The molecule has 0 N–H and O–H groups in total. The Balaban J connectivity index is 2.20. The van der Waals surface area contributed by atoms with E-state index in [2.05, 4.69) is 27.8 Å². The number of nitrogens with zero attached hydrogens (tertiary/aromatic N) is 1. The first-order valence-corrected chi connectivity index (χ1v) is 7.19. The minimum absolute atomic E-state index is 0.163. The first kappa shape index (κ1) is 11.3. The Bertz CT molecular complexity index is 581. The van der Waals surface area contributed by atoms with Crippen molar-refractivity contribution in [3.8, 4) is 11.5 Å². The zero-order valence-electron chi connectivity index (χ0n) is 9.62. The molecule has 2 aromatic rings. The zero-order valence-corrected chi connectivity index (χ0v) is 12.0. The second-order valence-electron chi connectivity index (χ2n) is 4.12. The molecule has 3 nitrogen and oxygen atoms in total. The van der Waals surface area contributed by atoms with Gasteiger partial charge in [0.1, 0.15) is 17.4 Å². The Morgan fingerprint density at radius 3 is 3.18 bits per heavy atom. The van der Waals surface area contributed by atoms with Crippen LogP contribution in [0.2, 0.25) is 0 Å². The maximum absolute atomic E-state index is 5.92. The summed E-state index contributed by atoms with van der Waals surface area (Å²) >= 11 is 5.01. The van der Waals surface area contributed by atoms with Crippen molar-refractivity contribution in [3.63, 3.8) is 0 Å². The van der Waals surface area contributed by atoms with Gasteiger partial charge in [0.25, 0.3) is 0 Å². The number of rotatable bonds is 1. The Hall–Kier alpha value is -0.810. The van der Waals surface area contributed by atoms with Crippen molar-refractivity contribution in [2.45, 2.75) is 26.4 Å². The molecule has 0 bridgehead atoms. The molecule has 0 radical (unpaired) electrons. The summed E-state index contributed by atoms with van der Waals surface area (Å²) in [5.74, 6) is 1.70. The average Bonchev–Trinajstić information content (AvgIpc) is 2.71. The molecule has 1 aromatic carbocycles. The van der Waals surface area contributed by atoms with Gasteiger partial charge in [0.05, 0.1) is 5.52 Å². The van der Waals surface area contributed by atoms with Crippen LogP contribution >= 0.6 is 27.3 Å². The van der Waals surface area contributed by atoms with Crippen LogP contribution in [0.4, 0.5) is 0 Å². The predicted octanol–water partition coefficient (Wildman–Crippen LogP) is 3.92. The van der Waals surface area contributed by atoms with Crippen molar-refractivity contribution in [1.29, 1.82) is 0 Å². The highest BCUT2D eigenvalue weighted by molar-refractivity contribution is 9.11. The maximum atomic E-state index is 5.92. The number of aryl methyl sites for hydroxylation is 1. The zero-order chi connectivity index (χ0) is 12.0. The normalized spacial score (nSPS) is 18.6. The third-order valence-electron chi connectivity index (χ3n) is 2.91. The van der Waals surface area contributed by atoms with Gasteiger partial charge in [0.2, 0.25) is 0 Å². The van der Waals surface area contributed by atoms with Gasteiger partial charge < -0.3 is 9.47 Å². The molecule has 1 aromatic heterocycles. The van der Waals surface area contributed by atoms with E-state index in [0.29, 0.717) is 6.61 Å². The van der Waals surface area contributed by atoms with E-state index in [1.807, 2.05) is 13.0 Å². The van der Waals surface area contributed by atoms with Crippen molar-refractivity contribution >= 4 is 37.5 Å². The summed E-state index contributed by atoms with van der Waals surface area (Å²) < 4.78 is 13.7. The van der Waals surface area contributed by atoms with Crippen LogP contribution in [0.25, 0.3) is 10.2 Å². The highest BCUT2D eigenvalue weighted by atomic mass is 79.9. The van der Waals surface area contributed by atoms with E-state index in [9.17, 15) is 0 Å². The molecule has 0 fully saturated rings.